The van der Waals surface area contributed by atoms with Crippen molar-refractivity contribution in [1.29, 1.82) is 0 Å². The van der Waals surface area contributed by atoms with Crippen LogP contribution in [0, 0.1) is 10.8 Å². The second-order valence-electron chi connectivity index (χ2n) is 5.74. The fourth-order valence-corrected chi connectivity index (χ4v) is 1.91. The van der Waals surface area contributed by atoms with Gasteiger partial charge in [0.05, 0.1) is 0 Å². The van der Waals surface area contributed by atoms with Gasteiger partial charge in [-0.3, -0.25) is 0 Å². The van der Waals surface area contributed by atoms with Gasteiger partial charge in [0.1, 0.15) is 0 Å². The minimum atomic E-state index is 0.331. The van der Waals surface area contributed by atoms with Crippen LogP contribution in [0.1, 0.15) is 66.7 Å². The van der Waals surface area contributed by atoms with Crippen LogP contribution in [0.5, 0.6) is 0 Å². The first-order valence-electron chi connectivity index (χ1n) is 5.98. The quantitative estimate of drug-likeness (QED) is 0.687. The lowest BCUT2D eigenvalue weighted by Crippen LogP contribution is -2.33. The van der Waals surface area contributed by atoms with E-state index in [1.165, 1.54) is 19.3 Å². The third-order valence-electron chi connectivity index (χ3n) is 3.78. The Morgan fingerprint density at radius 1 is 0.929 bits per heavy atom. The molecule has 0 saturated carbocycles. The van der Waals surface area contributed by atoms with Gasteiger partial charge in [0.2, 0.25) is 0 Å². The molecule has 0 bridgehead atoms. The first-order chi connectivity index (χ1) is 6.37. The van der Waals surface area contributed by atoms with Gasteiger partial charge >= 0.3 is 0 Å². The van der Waals surface area contributed by atoms with Gasteiger partial charge in [-0.2, -0.15) is 0 Å². The summed E-state index contributed by atoms with van der Waals surface area (Å²) in [4.78, 5) is 0. The van der Waals surface area contributed by atoms with Gasteiger partial charge in [-0.05, 0) is 30.1 Å². The van der Waals surface area contributed by atoms with Crippen LogP contribution in [0.3, 0.4) is 0 Å². The summed E-state index contributed by atoms with van der Waals surface area (Å²) in [6.07, 6.45) is 5.95. The van der Waals surface area contributed by atoms with Crippen molar-refractivity contribution in [3.05, 3.63) is 0 Å². The molecule has 0 aliphatic heterocycles. The normalized spacial score (nSPS) is 16.7. The zero-order chi connectivity index (χ0) is 11.2. The smallest absolute Gasteiger partial charge is 0.0431 e. The van der Waals surface area contributed by atoms with E-state index < -0.39 is 0 Å². The molecule has 1 N–H and O–H groups in total. The highest BCUT2D eigenvalue weighted by Crippen LogP contribution is 2.45. The van der Waals surface area contributed by atoms with Gasteiger partial charge in [-0.15, -0.1) is 0 Å². The molecule has 0 aromatic carbocycles. The summed E-state index contributed by atoms with van der Waals surface area (Å²) >= 11 is 0. The zero-order valence-electron chi connectivity index (χ0n) is 10.7. The summed E-state index contributed by atoms with van der Waals surface area (Å²) in [5.41, 5.74) is 0.725. The summed E-state index contributed by atoms with van der Waals surface area (Å²) in [6.45, 7) is 11.9. The highest BCUT2D eigenvalue weighted by atomic mass is 16.2. The molecule has 86 valence electrons. The highest BCUT2D eigenvalue weighted by Gasteiger charge is 2.35. The molecule has 14 heavy (non-hydrogen) atoms. The Balaban J connectivity index is 4.33. The summed E-state index contributed by atoms with van der Waals surface area (Å²) in [7, 11) is 0. The molecule has 1 heteroatoms. The first kappa shape index (κ1) is 14.0. The Bertz CT molecular complexity index is 136. The Morgan fingerprint density at radius 2 is 1.43 bits per heavy atom. The number of unbranched alkanes of at least 4 members (excludes halogenated alkanes) is 1. The van der Waals surface area contributed by atoms with E-state index >= 15 is 0 Å². The molecule has 1 nitrogen and oxygen atoms in total. The number of aliphatic hydroxyl groups excluding tert-OH is 1. The molecule has 0 aliphatic rings. The van der Waals surface area contributed by atoms with Gasteiger partial charge in [0.25, 0.3) is 0 Å². The lowest BCUT2D eigenvalue weighted by Gasteiger charge is -2.42. The Labute approximate surface area is 89.9 Å². The van der Waals surface area contributed by atoms with Gasteiger partial charge < -0.3 is 5.11 Å². The van der Waals surface area contributed by atoms with Crippen LogP contribution < -0.4 is 0 Å². The van der Waals surface area contributed by atoms with E-state index in [0.717, 1.165) is 12.8 Å². The minimum absolute atomic E-state index is 0.331. The molecule has 0 saturated heterocycles. The van der Waals surface area contributed by atoms with Crippen LogP contribution in [0.2, 0.25) is 0 Å². The monoisotopic (exact) mass is 200 g/mol. The van der Waals surface area contributed by atoms with Gasteiger partial charge in [-0.25, -0.2) is 0 Å². The van der Waals surface area contributed by atoms with Crippen molar-refractivity contribution < 1.29 is 5.11 Å². The Kier molecular flexibility index (Phi) is 5.73. The minimum Gasteiger partial charge on any atom is -0.396 e. The van der Waals surface area contributed by atoms with Gasteiger partial charge in [0.15, 0.2) is 0 Å². The fourth-order valence-electron chi connectivity index (χ4n) is 1.91. The third kappa shape index (κ3) is 4.00. The molecule has 0 fully saturated rings. The van der Waals surface area contributed by atoms with Gasteiger partial charge in [-0.1, -0.05) is 47.5 Å². The van der Waals surface area contributed by atoms with Crippen LogP contribution in [-0.2, 0) is 0 Å². The standard InChI is InChI=1S/C13H28O/c1-6-7-9-13(5,10-8-11-14)12(2,3)4/h14H,6-11H2,1-5H3. The molecule has 1 atom stereocenters. The predicted molar refractivity (Wildman–Crippen MR) is 63.4 cm³/mol. The number of hydrogen-bond acceptors (Lipinski definition) is 1. The topological polar surface area (TPSA) is 20.2 Å². The maximum atomic E-state index is 8.92. The van der Waals surface area contributed by atoms with Crippen molar-refractivity contribution >= 4 is 0 Å². The van der Waals surface area contributed by atoms with E-state index in [2.05, 4.69) is 34.6 Å². The van der Waals surface area contributed by atoms with E-state index in [1.807, 2.05) is 0 Å². The van der Waals surface area contributed by atoms with Crippen LogP contribution in [-0.4, -0.2) is 11.7 Å². The maximum Gasteiger partial charge on any atom is 0.0431 e. The molecular weight excluding hydrogens is 172 g/mol. The number of aliphatic hydroxyl groups is 1. The molecule has 0 spiro atoms. The fraction of sp³-hybridized carbons (Fsp3) is 1.00. The van der Waals surface area contributed by atoms with Crippen LogP contribution in [0.15, 0.2) is 0 Å². The third-order valence-corrected chi connectivity index (χ3v) is 3.78. The molecule has 0 rings (SSSR count). The second kappa shape index (κ2) is 5.75. The highest BCUT2D eigenvalue weighted by molar-refractivity contribution is 4.86. The van der Waals surface area contributed by atoms with E-state index in [4.69, 9.17) is 5.11 Å². The zero-order valence-corrected chi connectivity index (χ0v) is 10.7. The van der Waals surface area contributed by atoms with Crippen molar-refractivity contribution in [3.8, 4) is 0 Å². The van der Waals surface area contributed by atoms with Crippen molar-refractivity contribution in [2.24, 2.45) is 10.8 Å². The predicted octanol–water partition coefficient (Wildman–Crippen LogP) is 4.00. The summed E-state index contributed by atoms with van der Waals surface area (Å²) < 4.78 is 0. The SMILES string of the molecule is CCCCC(C)(CCCO)C(C)(C)C. The summed E-state index contributed by atoms with van der Waals surface area (Å²) in [5, 5.41) is 8.92. The average Bonchev–Trinajstić information content (AvgIpc) is 2.09. The van der Waals surface area contributed by atoms with Crippen LogP contribution >= 0.6 is 0 Å². The number of rotatable bonds is 6. The molecule has 0 aromatic rings. The van der Waals surface area contributed by atoms with Crippen molar-refractivity contribution in [3.63, 3.8) is 0 Å². The van der Waals surface area contributed by atoms with Crippen molar-refractivity contribution in [2.45, 2.75) is 66.7 Å². The van der Waals surface area contributed by atoms with Crippen LogP contribution in [0.25, 0.3) is 0 Å². The maximum absolute atomic E-state index is 8.92. The van der Waals surface area contributed by atoms with E-state index in [1.54, 1.807) is 0 Å². The number of hydrogen-bond donors (Lipinski definition) is 1. The summed E-state index contributed by atoms with van der Waals surface area (Å²) in [5.74, 6) is 0. The van der Waals surface area contributed by atoms with Crippen LogP contribution in [0.4, 0.5) is 0 Å². The molecular formula is C13H28O. The lowest BCUT2D eigenvalue weighted by molar-refractivity contribution is 0.0723. The lowest BCUT2D eigenvalue weighted by atomic mass is 9.63. The largest absolute Gasteiger partial charge is 0.396 e. The van der Waals surface area contributed by atoms with Gasteiger partial charge in [0, 0.05) is 6.61 Å². The Hall–Kier alpha value is -0.0400. The first-order valence-corrected chi connectivity index (χ1v) is 5.98. The molecule has 0 amide bonds. The Morgan fingerprint density at radius 3 is 1.79 bits per heavy atom. The molecule has 0 aromatic heterocycles. The van der Waals surface area contributed by atoms with Crippen molar-refractivity contribution in [1.82, 2.24) is 0 Å². The molecule has 1 unspecified atom stereocenters. The molecule has 0 radical (unpaired) electrons. The molecule has 0 heterocycles. The average molecular weight is 200 g/mol. The van der Waals surface area contributed by atoms with E-state index in [9.17, 15) is 0 Å². The molecule has 0 aliphatic carbocycles. The van der Waals surface area contributed by atoms with Crippen molar-refractivity contribution in [2.75, 3.05) is 6.61 Å². The van der Waals surface area contributed by atoms with E-state index in [0.29, 0.717) is 17.4 Å². The summed E-state index contributed by atoms with van der Waals surface area (Å²) in [6, 6.07) is 0. The van der Waals surface area contributed by atoms with E-state index in [-0.39, 0.29) is 0 Å². The second-order valence-corrected chi connectivity index (χ2v) is 5.74.